The van der Waals surface area contributed by atoms with Crippen LogP contribution in [0.3, 0.4) is 0 Å². The van der Waals surface area contributed by atoms with Gasteiger partial charge in [-0.1, -0.05) is 13.0 Å². The molecule has 1 rings (SSSR count). The molecule has 0 bridgehead atoms. The van der Waals surface area contributed by atoms with Crippen molar-refractivity contribution in [2.24, 2.45) is 0 Å². The van der Waals surface area contributed by atoms with E-state index < -0.39 is 10.0 Å². The third-order valence-corrected chi connectivity index (χ3v) is 4.37. The predicted molar refractivity (Wildman–Crippen MR) is 82.5 cm³/mol. The summed E-state index contributed by atoms with van der Waals surface area (Å²) in [6.45, 7) is 2.27. The van der Waals surface area contributed by atoms with Gasteiger partial charge < -0.3 is 16.0 Å². The van der Waals surface area contributed by atoms with Crippen molar-refractivity contribution in [3.05, 3.63) is 23.8 Å². The molecule has 0 heterocycles. The van der Waals surface area contributed by atoms with Crippen molar-refractivity contribution in [3.8, 4) is 0 Å². The van der Waals surface area contributed by atoms with Crippen LogP contribution in [0.1, 0.15) is 12.5 Å². The van der Waals surface area contributed by atoms with Crippen LogP contribution < -0.4 is 15.8 Å². The third kappa shape index (κ3) is 4.91. The second-order valence-electron chi connectivity index (χ2n) is 4.74. The molecule has 0 aliphatic carbocycles. The highest BCUT2D eigenvalue weighted by molar-refractivity contribution is 7.89. The molecule has 1 aromatic rings. The highest BCUT2D eigenvalue weighted by Gasteiger charge is 2.14. The van der Waals surface area contributed by atoms with Crippen LogP contribution in [-0.2, 0) is 16.4 Å². The van der Waals surface area contributed by atoms with E-state index in [0.717, 1.165) is 12.0 Å². The zero-order valence-corrected chi connectivity index (χ0v) is 13.3. The van der Waals surface area contributed by atoms with Crippen LogP contribution >= 0.6 is 0 Å². The van der Waals surface area contributed by atoms with E-state index in [1.54, 1.807) is 20.2 Å². The number of hydrogen-bond acceptors (Lipinski definition) is 4. The number of amides is 2. The maximum Gasteiger partial charge on any atom is 0.316 e. The van der Waals surface area contributed by atoms with Crippen molar-refractivity contribution in [3.63, 3.8) is 0 Å². The maximum atomic E-state index is 12.1. The van der Waals surface area contributed by atoms with Gasteiger partial charge in [0.1, 0.15) is 0 Å². The first kappa shape index (κ1) is 17.3. The molecule has 0 saturated heterocycles. The van der Waals surface area contributed by atoms with Gasteiger partial charge in [-0.25, -0.2) is 17.9 Å². The SMILES string of the molecule is CCc1ccc(S(=O)(=O)NCCNC(=O)N(C)C)cc1N. The summed E-state index contributed by atoms with van der Waals surface area (Å²) < 4.78 is 26.6. The Bertz CT molecular complexity index is 599. The first-order valence-electron chi connectivity index (χ1n) is 6.61. The molecule has 0 atom stereocenters. The predicted octanol–water partition coefficient (Wildman–Crippen LogP) is 0.381. The van der Waals surface area contributed by atoms with Crippen LogP contribution in [0.15, 0.2) is 23.1 Å². The number of aryl methyl sites for hydroxylation is 1. The topological polar surface area (TPSA) is 105 Å². The van der Waals surface area contributed by atoms with E-state index in [0.29, 0.717) is 5.69 Å². The number of carbonyl (C=O) groups excluding carboxylic acids is 1. The van der Waals surface area contributed by atoms with E-state index in [1.165, 1.54) is 17.0 Å². The molecule has 0 spiro atoms. The largest absolute Gasteiger partial charge is 0.398 e. The van der Waals surface area contributed by atoms with E-state index in [1.807, 2.05) is 6.92 Å². The number of sulfonamides is 1. The minimum Gasteiger partial charge on any atom is -0.398 e. The van der Waals surface area contributed by atoms with Crippen molar-refractivity contribution in [2.45, 2.75) is 18.2 Å². The number of nitrogens with zero attached hydrogens (tertiary/aromatic N) is 1. The van der Waals surface area contributed by atoms with Crippen molar-refractivity contribution < 1.29 is 13.2 Å². The summed E-state index contributed by atoms with van der Waals surface area (Å²) in [5, 5.41) is 2.57. The van der Waals surface area contributed by atoms with E-state index in [4.69, 9.17) is 5.73 Å². The second-order valence-corrected chi connectivity index (χ2v) is 6.51. The molecule has 2 amide bonds. The molecule has 0 saturated carbocycles. The first-order chi connectivity index (χ1) is 9.77. The quantitative estimate of drug-likeness (QED) is 0.521. The number of rotatable bonds is 6. The van der Waals surface area contributed by atoms with Crippen LogP contribution in [0.25, 0.3) is 0 Å². The Labute approximate surface area is 125 Å². The Morgan fingerprint density at radius 3 is 2.48 bits per heavy atom. The van der Waals surface area contributed by atoms with Gasteiger partial charge in [0.15, 0.2) is 0 Å². The van der Waals surface area contributed by atoms with Gasteiger partial charge in [-0.05, 0) is 24.1 Å². The van der Waals surface area contributed by atoms with Crippen molar-refractivity contribution in [1.29, 1.82) is 0 Å². The Balaban J connectivity index is 2.62. The molecule has 7 nitrogen and oxygen atoms in total. The molecular weight excluding hydrogens is 292 g/mol. The lowest BCUT2D eigenvalue weighted by atomic mass is 10.1. The van der Waals surface area contributed by atoms with Crippen LogP contribution in [0.5, 0.6) is 0 Å². The molecule has 0 aliphatic heterocycles. The molecule has 0 aromatic heterocycles. The average molecular weight is 314 g/mol. The Morgan fingerprint density at radius 1 is 1.29 bits per heavy atom. The Kier molecular flexibility index (Phi) is 5.98. The standard InChI is InChI=1S/C13H22N4O3S/c1-4-10-5-6-11(9-12(10)14)21(19,20)16-8-7-15-13(18)17(2)3/h5-6,9,16H,4,7-8,14H2,1-3H3,(H,15,18). The fourth-order valence-electron chi connectivity index (χ4n) is 1.66. The minimum atomic E-state index is -3.62. The van der Waals surface area contributed by atoms with Crippen molar-refractivity contribution >= 4 is 21.7 Å². The monoisotopic (exact) mass is 314 g/mol. The third-order valence-electron chi connectivity index (χ3n) is 2.91. The molecule has 1 aromatic carbocycles. The van der Waals surface area contributed by atoms with Crippen LogP contribution in [-0.4, -0.2) is 46.5 Å². The number of benzene rings is 1. The maximum absolute atomic E-state index is 12.1. The van der Waals surface area contributed by atoms with E-state index in [9.17, 15) is 13.2 Å². The summed E-state index contributed by atoms with van der Waals surface area (Å²) in [7, 11) is -0.403. The number of carbonyl (C=O) groups is 1. The summed E-state index contributed by atoms with van der Waals surface area (Å²) in [5.74, 6) is 0. The van der Waals surface area contributed by atoms with E-state index >= 15 is 0 Å². The number of urea groups is 1. The van der Waals surface area contributed by atoms with Gasteiger partial charge in [-0.2, -0.15) is 0 Å². The number of hydrogen-bond donors (Lipinski definition) is 3. The summed E-state index contributed by atoms with van der Waals surface area (Å²) in [5.41, 5.74) is 7.17. The smallest absolute Gasteiger partial charge is 0.316 e. The van der Waals surface area contributed by atoms with Gasteiger partial charge in [0.25, 0.3) is 0 Å². The van der Waals surface area contributed by atoms with Gasteiger partial charge >= 0.3 is 6.03 Å². The summed E-state index contributed by atoms with van der Waals surface area (Å²) in [6, 6.07) is 4.40. The van der Waals surface area contributed by atoms with E-state index in [2.05, 4.69) is 10.0 Å². The lowest BCUT2D eigenvalue weighted by Crippen LogP contribution is -2.39. The molecule has 118 valence electrons. The number of nitrogens with two attached hydrogens (primary N) is 1. The normalized spacial score (nSPS) is 11.2. The molecule has 8 heteroatoms. The molecule has 21 heavy (non-hydrogen) atoms. The first-order valence-corrected chi connectivity index (χ1v) is 8.09. The fraction of sp³-hybridized carbons (Fsp3) is 0.462. The van der Waals surface area contributed by atoms with Crippen LogP contribution in [0.4, 0.5) is 10.5 Å². The zero-order chi connectivity index (χ0) is 16.0. The molecule has 0 unspecified atom stereocenters. The van der Waals surface area contributed by atoms with Gasteiger partial charge in [0, 0.05) is 32.9 Å². The van der Waals surface area contributed by atoms with E-state index in [-0.39, 0.29) is 24.0 Å². The summed E-state index contributed by atoms with van der Waals surface area (Å²) in [4.78, 5) is 12.8. The summed E-state index contributed by atoms with van der Waals surface area (Å²) >= 11 is 0. The Hall–Kier alpha value is -1.80. The number of nitrogen functional groups attached to an aromatic ring is 1. The molecule has 0 fully saturated rings. The number of anilines is 1. The molecule has 4 N–H and O–H groups in total. The van der Waals surface area contributed by atoms with Gasteiger partial charge in [-0.3, -0.25) is 0 Å². The van der Waals surface area contributed by atoms with Gasteiger partial charge in [0.05, 0.1) is 4.90 Å². The van der Waals surface area contributed by atoms with Crippen molar-refractivity contribution in [1.82, 2.24) is 14.9 Å². The van der Waals surface area contributed by atoms with Crippen LogP contribution in [0, 0.1) is 0 Å². The molecule has 0 aliphatic rings. The average Bonchev–Trinajstić information content (AvgIpc) is 2.43. The molecular formula is C13H22N4O3S. The second kappa shape index (κ2) is 7.28. The van der Waals surface area contributed by atoms with Gasteiger partial charge in [-0.15, -0.1) is 0 Å². The fourth-order valence-corrected chi connectivity index (χ4v) is 2.73. The lowest BCUT2D eigenvalue weighted by Gasteiger charge is -2.13. The zero-order valence-electron chi connectivity index (χ0n) is 12.5. The lowest BCUT2D eigenvalue weighted by molar-refractivity contribution is 0.217. The Morgan fingerprint density at radius 2 is 1.95 bits per heavy atom. The minimum absolute atomic E-state index is 0.108. The highest BCUT2D eigenvalue weighted by atomic mass is 32.2. The number of nitrogens with one attached hydrogen (secondary N) is 2. The highest BCUT2D eigenvalue weighted by Crippen LogP contribution is 2.18. The van der Waals surface area contributed by atoms with Gasteiger partial charge in [0.2, 0.25) is 10.0 Å². The summed E-state index contributed by atoms with van der Waals surface area (Å²) in [6.07, 6.45) is 0.746. The van der Waals surface area contributed by atoms with Crippen LogP contribution in [0.2, 0.25) is 0 Å². The van der Waals surface area contributed by atoms with Crippen molar-refractivity contribution in [2.75, 3.05) is 32.9 Å². The molecule has 0 radical (unpaired) electrons.